The molecule has 6 rings (SSSR count). The lowest BCUT2D eigenvalue weighted by molar-refractivity contribution is 0.405. The Labute approximate surface area is 268 Å². The summed E-state index contributed by atoms with van der Waals surface area (Å²) in [7, 11) is 3.24. The molecular formula is C40H32N2O4. The van der Waals surface area contributed by atoms with Crippen molar-refractivity contribution in [3.63, 3.8) is 0 Å². The Kier molecular flexibility index (Phi) is 9.46. The van der Waals surface area contributed by atoms with Crippen molar-refractivity contribution >= 4 is 23.2 Å². The first-order valence-electron chi connectivity index (χ1n) is 14.8. The van der Waals surface area contributed by atoms with Crippen LogP contribution in [0.15, 0.2) is 168 Å². The zero-order valence-corrected chi connectivity index (χ0v) is 25.5. The Morgan fingerprint density at radius 2 is 0.674 bits per heavy atom. The molecular weight excluding hydrogens is 572 g/mol. The van der Waals surface area contributed by atoms with Crippen LogP contribution in [0.5, 0.6) is 23.0 Å². The fourth-order valence-electron chi connectivity index (χ4n) is 4.73. The van der Waals surface area contributed by atoms with Gasteiger partial charge in [-0.3, -0.25) is 0 Å². The van der Waals surface area contributed by atoms with Gasteiger partial charge in [-0.15, -0.1) is 0 Å². The minimum atomic E-state index is 0.560. The van der Waals surface area contributed by atoms with Crippen molar-refractivity contribution in [3.8, 4) is 34.1 Å². The van der Waals surface area contributed by atoms with Crippen molar-refractivity contribution in [3.05, 3.63) is 169 Å². The van der Waals surface area contributed by atoms with E-state index in [4.69, 9.17) is 18.9 Å². The molecule has 0 saturated carbocycles. The van der Waals surface area contributed by atoms with Crippen LogP contribution in [-0.2, 0) is 9.47 Å². The van der Waals surface area contributed by atoms with Crippen LogP contribution in [0.25, 0.3) is 11.1 Å². The minimum Gasteiger partial charge on any atom is -0.481 e. The summed E-state index contributed by atoms with van der Waals surface area (Å²) in [6, 6.07) is 50.8. The van der Waals surface area contributed by atoms with Crippen molar-refractivity contribution in [1.82, 2.24) is 0 Å². The third-order valence-electron chi connectivity index (χ3n) is 7.08. The summed E-state index contributed by atoms with van der Waals surface area (Å²) in [4.78, 5) is 9.23. The Morgan fingerprint density at radius 3 is 0.978 bits per heavy atom. The highest BCUT2D eigenvalue weighted by Gasteiger charge is 2.06. The van der Waals surface area contributed by atoms with Crippen molar-refractivity contribution in [1.29, 1.82) is 0 Å². The lowest BCUT2D eigenvalue weighted by Crippen LogP contribution is -2.02. The number of nitrogens with zero attached hydrogens (tertiary/aromatic N) is 2. The molecule has 6 nitrogen and oxygen atoms in total. The predicted octanol–water partition coefficient (Wildman–Crippen LogP) is 10.4. The number of hydrogen-bond donors (Lipinski definition) is 0. The number of benzene rings is 6. The zero-order chi connectivity index (χ0) is 31.6. The topological polar surface area (TPSA) is 61.6 Å². The number of ether oxygens (including phenoxy) is 4. The van der Waals surface area contributed by atoms with E-state index in [2.05, 4.69) is 9.98 Å². The van der Waals surface area contributed by atoms with Crippen LogP contribution in [0.3, 0.4) is 0 Å². The first-order chi connectivity index (χ1) is 22.7. The second kappa shape index (κ2) is 14.6. The molecule has 0 radical (unpaired) electrons. The molecule has 0 fully saturated rings. The average Bonchev–Trinajstić information content (AvgIpc) is 3.12. The zero-order valence-electron chi connectivity index (χ0n) is 25.5. The van der Waals surface area contributed by atoms with E-state index in [0.717, 1.165) is 56.6 Å². The molecule has 46 heavy (non-hydrogen) atoms. The van der Waals surface area contributed by atoms with Crippen molar-refractivity contribution in [2.75, 3.05) is 14.2 Å². The Bertz CT molecular complexity index is 1760. The van der Waals surface area contributed by atoms with Crippen LogP contribution in [0.2, 0.25) is 0 Å². The van der Waals surface area contributed by atoms with E-state index >= 15 is 0 Å². The van der Waals surface area contributed by atoms with Crippen LogP contribution < -0.4 is 9.47 Å². The number of aliphatic imine (C=N–C) groups is 2. The van der Waals surface area contributed by atoms with Gasteiger partial charge >= 0.3 is 0 Å². The highest BCUT2D eigenvalue weighted by atomic mass is 16.5. The van der Waals surface area contributed by atoms with E-state index in [1.165, 1.54) is 0 Å². The summed E-state index contributed by atoms with van der Waals surface area (Å²) in [6.07, 6.45) is 0. The SMILES string of the molecule is COC(=Nc1ccc(Oc2ccc(-c3ccc(Oc4ccc(N=C(OC)c5ccccc5)cc4)cc3)cc2)cc1)c1ccccc1. The number of hydrogen-bond acceptors (Lipinski definition) is 6. The lowest BCUT2D eigenvalue weighted by Gasteiger charge is -2.09. The Balaban J connectivity index is 1.05. The minimum absolute atomic E-state index is 0.560. The molecule has 0 heterocycles. The second-order valence-corrected chi connectivity index (χ2v) is 10.2. The molecule has 0 aliphatic carbocycles. The summed E-state index contributed by atoms with van der Waals surface area (Å²) in [5, 5.41) is 0. The van der Waals surface area contributed by atoms with Gasteiger partial charge in [-0.05, 0) is 108 Å². The Morgan fingerprint density at radius 1 is 0.370 bits per heavy atom. The van der Waals surface area contributed by atoms with Crippen molar-refractivity contribution < 1.29 is 18.9 Å². The molecule has 0 saturated heterocycles. The maximum absolute atomic E-state index is 6.07. The molecule has 0 unspecified atom stereocenters. The van der Waals surface area contributed by atoms with Crippen LogP contribution in [0.1, 0.15) is 11.1 Å². The monoisotopic (exact) mass is 604 g/mol. The smallest absolute Gasteiger partial charge is 0.220 e. The fraction of sp³-hybridized carbons (Fsp3) is 0.0500. The van der Waals surface area contributed by atoms with Gasteiger partial charge in [0, 0.05) is 11.1 Å². The molecule has 0 aromatic heterocycles. The molecule has 226 valence electrons. The van der Waals surface area contributed by atoms with Crippen molar-refractivity contribution in [2.24, 2.45) is 9.98 Å². The van der Waals surface area contributed by atoms with E-state index < -0.39 is 0 Å². The van der Waals surface area contributed by atoms with Gasteiger partial charge in [0.2, 0.25) is 11.8 Å². The highest BCUT2D eigenvalue weighted by Crippen LogP contribution is 2.30. The van der Waals surface area contributed by atoms with E-state index in [-0.39, 0.29) is 0 Å². The summed E-state index contributed by atoms with van der Waals surface area (Å²) in [5.41, 5.74) is 5.55. The summed E-state index contributed by atoms with van der Waals surface area (Å²) < 4.78 is 23.1. The maximum Gasteiger partial charge on any atom is 0.220 e. The van der Waals surface area contributed by atoms with Gasteiger partial charge in [-0.25, -0.2) is 9.98 Å². The molecule has 0 aliphatic rings. The molecule has 0 bridgehead atoms. The second-order valence-electron chi connectivity index (χ2n) is 10.2. The number of methoxy groups -OCH3 is 2. The number of rotatable bonds is 9. The van der Waals surface area contributed by atoms with Gasteiger partial charge in [0.15, 0.2) is 0 Å². The van der Waals surface area contributed by atoms with Gasteiger partial charge in [0.1, 0.15) is 23.0 Å². The lowest BCUT2D eigenvalue weighted by atomic mass is 10.1. The normalized spacial score (nSPS) is 11.5. The first-order valence-corrected chi connectivity index (χ1v) is 14.8. The molecule has 0 atom stereocenters. The fourth-order valence-corrected chi connectivity index (χ4v) is 4.73. The molecule has 6 aromatic rings. The molecule has 0 aliphatic heterocycles. The molecule has 6 aromatic carbocycles. The third-order valence-corrected chi connectivity index (χ3v) is 7.08. The quantitative estimate of drug-likeness (QED) is 0.122. The summed E-state index contributed by atoms with van der Waals surface area (Å²) in [6.45, 7) is 0. The van der Waals surface area contributed by atoms with Crippen LogP contribution in [0.4, 0.5) is 11.4 Å². The van der Waals surface area contributed by atoms with Gasteiger partial charge in [-0.1, -0.05) is 60.7 Å². The van der Waals surface area contributed by atoms with Gasteiger partial charge < -0.3 is 18.9 Å². The largest absolute Gasteiger partial charge is 0.481 e. The average molecular weight is 605 g/mol. The first kappa shape index (κ1) is 29.9. The Hall–Kier alpha value is -6.14. The van der Waals surface area contributed by atoms with Crippen LogP contribution in [-0.4, -0.2) is 26.0 Å². The van der Waals surface area contributed by atoms with E-state index in [1.807, 2.05) is 158 Å². The molecule has 0 amide bonds. The van der Waals surface area contributed by atoms with Crippen molar-refractivity contribution in [2.45, 2.75) is 0 Å². The molecule has 6 heteroatoms. The summed E-state index contributed by atoms with van der Waals surface area (Å²) >= 11 is 0. The maximum atomic E-state index is 6.07. The summed E-state index contributed by atoms with van der Waals surface area (Å²) in [5.74, 6) is 4.06. The molecule has 0 spiro atoms. The standard InChI is InChI=1S/C40H32N2O4/c1-43-39(31-9-5-3-6-10-31)41-33-17-25-37(26-18-33)45-35-21-13-29(14-22-35)30-15-23-36(24-16-30)46-38-27-19-34(20-28-38)42-40(44-2)32-11-7-4-8-12-32/h3-28H,1-2H3. The predicted molar refractivity (Wildman–Crippen MR) is 184 cm³/mol. The van der Waals surface area contributed by atoms with Crippen LogP contribution >= 0.6 is 0 Å². The van der Waals surface area contributed by atoms with Gasteiger partial charge in [0.05, 0.1) is 25.6 Å². The van der Waals surface area contributed by atoms with Crippen LogP contribution in [0, 0.1) is 0 Å². The third kappa shape index (κ3) is 7.68. The highest BCUT2D eigenvalue weighted by molar-refractivity contribution is 5.96. The van der Waals surface area contributed by atoms with E-state index in [1.54, 1.807) is 14.2 Å². The van der Waals surface area contributed by atoms with E-state index in [0.29, 0.717) is 11.8 Å². The molecule has 0 N–H and O–H groups in total. The van der Waals surface area contributed by atoms with E-state index in [9.17, 15) is 0 Å². The van der Waals surface area contributed by atoms with Gasteiger partial charge in [-0.2, -0.15) is 0 Å². The van der Waals surface area contributed by atoms with Gasteiger partial charge in [0.25, 0.3) is 0 Å².